The molecule has 164 valence electrons. The van der Waals surface area contributed by atoms with Gasteiger partial charge in [-0.1, -0.05) is 48.5 Å². The van der Waals surface area contributed by atoms with E-state index in [4.69, 9.17) is 0 Å². The van der Waals surface area contributed by atoms with Gasteiger partial charge in [0, 0.05) is 36.6 Å². The lowest BCUT2D eigenvalue weighted by Gasteiger charge is -2.18. The van der Waals surface area contributed by atoms with Crippen LogP contribution in [0.5, 0.6) is 0 Å². The first-order valence-electron chi connectivity index (χ1n) is 10.7. The highest BCUT2D eigenvalue weighted by Gasteiger charge is 2.17. The number of aryl methyl sites for hydroxylation is 1. The van der Waals surface area contributed by atoms with Crippen LogP contribution in [0.2, 0.25) is 0 Å². The Morgan fingerprint density at radius 3 is 2.41 bits per heavy atom. The number of para-hydroxylation sites is 1. The van der Waals surface area contributed by atoms with Crippen LogP contribution in [0.4, 0.5) is 4.79 Å². The van der Waals surface area contributed by atoms with Crippen molar-refractivity contribution in [3.63, 3.8) is 0 Å². The maximum atomic E-state index is 12.7. The molecule has 2 heterocycles. The first-order valence-corrected chi connectivity index (χ1v) is 10.7. The molecule has 1 N–H and O–H groups in total. The smallest absolute Gasteiger partial charge is 0.317 e. The van der Waals surface area contributed by atoms with Crippen molar-refractivity contribution < 1.29 is 4.79 Å². The zero-order valence-electron chi connectivity index (χ0n) is 18.7. The monoisotopic (exact) mass is 428 g/mol. The minimum absolute atomic E-state index is 0.132. The molecule has 7 heteroatoms. The summed E-state index contributed by atoms with van der Waals surface area (Å²) in [7, 11) is 1.80. The van der Waals surface area contributed by atoms with Gasteiger partial charge in [0.25, 0.3) is 0 Å². The van der Waals surface area contributed by atoms with Gasteiger partial charge in [0.05, 0.1) is 30.7 Å². The van der Waals surface area contributed by atoms with Crippen LogP contribution in [0.3, 0.4) is 0 Å². The van der Waals surface area contributed by atoms with Crippen LogP contribution in [0.15, 0.2) is 73.1 Å². The second-order valence-electron chi connectivity index (χ2n) is 7.94. The predicted molar refractivity (Wildman–Crippen MR) is 125 cm³/mol. The molecule has 2 amide bonds. The lowest BCUT2D eigenvalue weighted by molar-refractivity contribution is 0.206. The number of nitrogens with one attached hydrogen (secondary N) is 1. The van der Waals surface area contributed by atoms with Gasteiger partial charge < -0.3 is 10.2 Å². The summed E-state index contributed by atoms with van der Waals surface area (Å²) in [5.41, 5.74) is 6.18. The Morgan fingerprint density at radius 1 is 1.00 bits per heavy atom. The number of hydrogen-bond donors (Lipinski definition) is 1. The van der Waals surface area contributed by atoms with Crippen molar-refractivity contribution in [1.29, 1.82) is 0 Å². The maximum Gasteiger partial charge on any atom is 0.317 e. The number of rotatable bonds is 7. The highest BCUT2D eigenvalue weighted by molar-refractivity contribution is 5.73. The Hall–Kier alpha value is -3.87. The van der Waals surface area contributed by atoms with E-state index >= 15 is 0 Å². The van der Waals surface area contributed by atoms with E-state index in [1.807, 2.05) is 77.9 Å². The fourth-order valence-corrected chi connectivity index (χ4v) is 3.70. The maximum absolute atomic E-state index is 12.7. The molecule has 32 heavy (non-hydrogen) atoms. The summed E-state index contributed by atoms with van der Waals surface area (Å²) in [5.74, 6) is 0. The van der Waals surface area contributed by atoms with E-state index in [0.717, 1.165) is 28.2 Å². The van der Waals surface area contributed by atoms with E-state index in [1.165, 1.54) is 5.56 Å². The molecule has 0 spiro atoms. The molecule has 7 nitrogen and oxygen atoms in total. The van der Waals surface area contributed by atoms with Gasteiger partial charge in [-0.25, -0.2) is 9.48 Å². The van der Waals surface area contributed by atoms with Crippen LogP contribution in [-0.4, -0.2) is 37.5 Å². The van der Waals surface area contributed by atoms with Gasteiger partial charge >= 0.3 is 6.03 Å². The topological polar surface area (TPSA) is 68.0 Å². The van der Waals surface area contributed by atoms with Crippen molar-refractivity contribution in [3.8, 4) is 5.69 Å². The lowest BCUT2D eigenvalue weighted by Crippen LogP contribution is -2.36. The van der Waals surface area contributed by atoms with Crippen molar-refractivity contribution in [2.24, 2.45) is 0 Å². The standard InChI is InChI=1S/C25H28N6O/c1-19-24(20(2)31(28-19)23-12-8-5-9-13-23)18-29(3)25(32)26-14-22-15-27-30(17-22)16-21-10-6-4-7-11-21/h4-13,15,17H,14,16,18H2,1-3H3,(H,26,32). The third-order valence-corrected chi connectivity index (χ3v) is 5.50. The fourth-order valence-electron chi connectivity index (χ4n) is 3.70. The van der Waals surface area contributed by atoms with Crippen LogP contribution >= 0.6 is 0 Å². The van der Waals surface area contributed by atoms with Gasteiger partial charge in [-0.3, -0.25) is 4.68 Å². The summed E-state index contributed by atoms with van der Waals surface area (Å²) in [4.78, 5) is 14.4. The zero-order chi connectivity index (χ0) is 22.5. The molecule has 2 aromatic carbocycles. The van der Waals surface area contributed by atoms with Crippen molar-refractivity contribution in [2.45, 2.75) is 33.5 Å². The Labute approximate surface area is 188 Å². The first-order chi connectivity index (χ1) is 15.5. The van der Waals surface area contributed by atoms with E-state index in [-0.39, 0.29) is 6.03 Å². The number of carbonyl (C=O) groups is 1. The summed E-state index contributed by atoms with van der Waals surface area (Å²) in [6.07, 6.45) is 3.76. The normalized spacial score (nSPS) is 10.8. The quantitative estimate of drug-likeness (QED) is 0.482. The lowest BCUT2D eigenvalue weighted by atomic mass is 10.2. The zero-order valence-corrected chi connectivity index (χ0v) is 18.7. The molecule has 0 bridgehead atoms. The van der Waals surface area contributed by atoms with Gasteiger partial charge in [0.2, 0.25) is 0 Å². The van der Waals surface area contributed by atoms with Gasteiger partial charge in [0.1, 0.15) is 0 Å². The molecule has 0 fully saturated rings. The van der Waals surface area contributed by atoms with Crippen molar-refractivity contribution in [1.82, 2.24) is 29.8 Å². The van der Waals surface area contributed by atoms with Crippen molar-refractivity contribution in [3.05, 3.63) is 101 Å². The summed E-state index contributed by atoms with van der Waals surface area (Å²) >= 11 is 0. The SMILES string of the molecule is Cc1nn(-c2ccccc2)c(C)c1CN(C)C(=O)NCc1cnn(Cc2ccccc2)c1. The number of aromatic nitrogens is 4. The van der Waals surface area contributed by atoms with E-state index < -0.39 is 0 Å². The van der Waals surface area contributed by atoms with Gasteiger partial charge in [-0.2, -0.15) is 10.2 Å². The third kappa shape index (κ3) is 4.88. The molecular weight excluding hydrogens is 400 g/mol. The Kier molecular flexibility index (Phi) is 6.35. The molecule has 0 saturated heterocycles. The van der Waals surface area contributed by atoms with Crippen LogP contribution in [0, 0.1) is 13.8 Å². The first kappa shape index (κ1) is 21.4. The molecule has 0 atom stereocenters. The average molecular weight is 429 g/mol. The van der Waals surface area contributed by atoms with Crippen molar-refractivity contribution in [2.75, 3.05) is 7.05 Å². The van der Waals surface area contributed by atoms with Crippen LogP contribution in [-0.2, 0) is 19.6 Å². The number of benzene rings is 2. The molecule has 0 saturated carbocycles. The minimum Gasteiger partial charge on any atom is -0.334 e. The summed E-state index contributed by atoms with van der Waals surface area (Å²) in [6.45, 7) is 5.64. The van der Waals surface area contributed by atoms with E-state index in [0.29, 0.717) is 19.6 Å². The molecule has 0 aliphatic carbocycles. The second kappa shape index (κ2) is 9.51. The summed E-state index contributed by atoms with van der Waals surface area (Å²) in [6, 6.07) is 20.1. The van der Waals surface area contributed by atoms with Crippen LogP contribution < -0.4 is 5.32 Å². The molecule has 0 aliphatic heterocycles. The summed E-state index contributed by atoms with van der Waals surface area (Å²) < 4.78 is 3.81. The van der Waals surface area contributed by atoms with Crippen LogP contribution in [0.1, 0.15) is 28.1 Å². The van der Waals surface area contributed by atoms with Crippen molar-refractivity contribution >= 4 is 6.03 Å². The second-order valence-corrected chi connectivity index (χ2v) is 7.94. The number of carbonyl (C=O) groups excluding carboxylic acids is 1. The molecule has 4 rings (SSSR count). The minimum atomic E-state index is -0.132. The largest absolute Gasteiger partial charge is 0.334 e. The average Bonchev–Trinajstić information content (AvgIpc) is 3.37. The molecule has 2 aromatic heterocycles. The van der Waals surface area contributed by atoms with E-state index in [1.54, 1.807) is 18.1 Å². The molecular formula is C25H28N6O. The third-order valence-electron chi connectivity index (χ3n) is 5.50. The summed E-state index contributed by atoms with van der Waals surface area (Å²) in [5, 5.41) is 12.0. The number of amides is 2. The van der Waals surface area contributed by atoms with Gasteiger partial charge in [0.15, 0.2) is 0 Å². The van der Waals surface area contributed by atoms with Gasteiger partial charge in [-0.05, 0) is 31.5 Å². The van der Waals surface area contributed by atoms with Crippen LogP contribution in [0.25, 0.3) is 5.69 Å². The molecule has 0 aliphatic rings. The Morgan fingerprint density at radius 2 is 1.69 bits per heavy atom. The Bertz CT molecular complexity index is 1180. The van der Waals surface area contributed by atoms with Gasteiger partial charge in [-0.15, -0.1) is 0 Å². The molecule has 0 radical (unpaired) electrons. The highest BCUT2D eigenvalue weighted by atomic mass is 16.2. The molecule has 0 unspecified atom stereocenters. The number of nitrogens with zero attached hydrogens (tertiary/aromatic N) is 5. The number of urea groups is 1. The highest BCUT2D eigenvalue weighted by Crippen LogP contribution is 2.19. The molecule has 4 aromatic rings. The fraction of sp³-hybridized carbons (Fsp3) is 0.240. The Balaban J connectivity index is 1.35. The van der Waals surface area contributed by atoms with E-state index in [9.17, 15) is 4.79 Å². The van der Waals surface area contributed by atoms with E-state index in [2.05, 4.69) is 27.6 Å². The predicted octanol–water partition coefficient (Wildman–Crippen LogP) is 4.08. The number of hydrogen-bond acceptors (Lipinski definition) is 3.